The van der Waals surface area contributed by atoms with E-state index in [4.69, 9.17) is 0 Å². The van der Waals surface area contributed by atoms with E-state index in [1.807, 2.05) is 19.1 Å². The van der Waals surface area contributed by atoms with Gasteiger partial charge in [0.25, 0.3) is 0 Å². The molecule has 0 spiro atoms. The van der Waals surface area contributed by atoms with Gasteiger partial charge in [-0.15, -0.1) is 0 Å². The summed E-state index contributed by atoms with van der Waals surface area (Å²) in [7, 11) is 0. The number of pyridine rings is 1. The van der Waals surface area contributed by atoms with Crippen LogP contribution in [0.3, 0.4) is 0 Å². The fourth-order valence-electron chi connectivity index (χ4n) is 2.72. The third-order valence-electron chi connectivity index (χ3n) is 4.09. The first-order valence-corrected chi connectivity index (χ1v) is 8.01. The van der Waals surface area contributed by atoms with E-state index in [0.717, 1.165) is 22.6 Å². The highest BCUT2D eigenvalue weighted by Crippen LogP contribution is 2.27. The third-order valence-corrected chi connectivity index (χ3v) is 4.09. The number of rotatable bonds is 4. The molecule has 0 aliphatic carbocycles. The Morgan fingerprint density at radius 1 is 1.46 bits per heavy atom. The summed E-state index contributed by atoms with van der Waals surface area (Å²) in [6.07, 6.45) is 4.11. The molecule has 0 saturated carbocycles. The van der Waals surface area contributed by atoms with Crippen LogP contribution in [0.15, 0.2) is 24.5 Å². The van der Waals surface area contributed by atoms with Crippen LogP contribution in [0.25, 0.3) is 11.4 Å². The zero-order valence-corrected chi connectivity index (χ0v) is 13.9. The Labute approximate surface area is 140 Å². The second-order valence-corrected chi connectivity index (χ2v) is 5.98. The molecule has 2 aromatic rings. The minimum Gasteiger partial charge on any atom is -0.394 e. The van der Waals surface area contributed by atoms with E-state index in [9.17, 15) is 9.90 Å². The number of hydrogen-bond donors (Lipinski definition) is 2. The number of carbonyl (C=O) groups is 1. The van der Waals surface area contributed by atoms with Gasteiger partial charge in [0.2, 0.25) is 5.91 Å². The highest BCUT2D eigenvalue weighted by atomic mass is 16.3. The van der Waals surface area contributed by atoms with Crippen molar-refractivity contribution in [1.82, 2.24) is 19.9 Å². The van der Waals surface area contributed by atoms with E-state index >= 15 is 0 Å². The Bertz CT molecular complexity index is 735. The van der Waals surface area contributed by atoms with Crippen molar-refractivity contribution in [1.29, 1.82) is 0 Å². The van der Waals surface area contributed by atoms with Gasteiger partial charge in [0.05, 0.1) is 18.8 Å². The van der Waals surface area contributed by atoms with Gasteiger partial charge in [-0.05, 0) is 25.5 Å². The minimum atomic E-state index is -0.114. The van der Waals surface area contributed by atoms with Crippen molar-refractivity contribution in [2.45, 2.75) is 32.9 Å². The van der Waals surface area contributed by atoms with Crippen LogP contribution >= 0.6 is 0 Å². The third kappa shape index (κ3) is 3.35. The van der Waals surface area contributed by atoms with Gasteiger partial charge < -0.3 is 15.3 Å². The number of carbonyl (C=O) groups excluding carboxylic acids is 1. The summed E-state index contributed by atoms with van der Waals surface area (Å²) in [6.45, 7) is 4.60. The Balaban J connectivity index is 2.04. The number of hydrogen-bond acceptors (Lipinski definition) is 6. The summed E-state index contributed by atoms with van der Waals surface area (Å²) in [6, 6.07) is 3.62. The van der Waals surface area contributed by atoms with E-state index in [2.05, 4.69) is 20.3 Å². The van der Waals surface area contributed by atoms with E-state index < -0.39 is 0 Å². The smallest absolute Gasteiger partial charge is 0.219 e. The molecule has 1 aliphatic rings. The molecule has 2 aromatic heterocycles. The molecule has 3 rings (SSSR count). The quantitative estimate of drug-likeness (QED) is 0.878. The van der Waals surface area contributed by atoms with Gasteiger partial charge in [0.15, 0.2) is 5.82 Å². The van der Waals surface area contributed by atoms with E-state index in [-0.39, 0.29) is 18.6 Å². The summed E-state index contributed by atoms with van der Waals surface area (Å²) in [5, 5.41) is 12.6. The van der Waals surface area contributed by atoms with Crippen LogP contribution in [-0.2, 0) is 17.8 Å². The molecule has 0 saturated heterocycles. The average molecular weight is 327 g/mol. The summed E-state index contributed by atoms with van der Waals surface area (Å²) >= 11 is 0. The summed E-state index contributed by atoms with van der Waals surface area (Å²) in [5.74, 6) is 1.34. The van der Waals surface area contributed by atoms with Gasteiger partial charge >= 0.3 is 0 Å². The molecule has 1 atom stereocenters. The molecule has 3 heterocycles. The van der Waals surface area contributed by atoms with Crippen molar-refractivity contribution in [2.75, 3.05) is 18.5 Å². The molecular formula is C17H21N5O2. The molecule has 0 fully saturated rings. The Hall–Kier alpha value is -2.54. The standard InChI is InChI=1S/C17H21N5O2/c1-11(10-23)19-17-14-5-7-22(12(2)24)9-15(14)20-16(21-17)13-4-3-6-18-8-13/h3-4,6,8,11,23H,5,7,9-10H2,1-2H3,(H,19,20,21)/t11-/m1/s1. The summed E-state index contributed by atoms with van der Waals surface area (Å²) in [4.78, 5) is 26.9. The van der Waals surface area contributed by atoms with E-state index in [1.54, 1.807) is 24.2 Å². The number of amides is 1. The molecule has 24 heavy (non-hydrogen) atoms. The number of aliphatic hydroxyl groups excluding tert-OH is 1. The maximum atomic E-state index is 11.7. The maximum absolute atomic E-state index is 11.7. The first-order chi connectivity index (χ1) is 11.6. The van der Waals surface area contributed by atoms with Crippen molar-refractivity contribution in [2.24, 2.45) is 0 Å². The number of fused-ring (bicyclic) bond motifs is 1. The molecule has 1 aliphatic heterocycles. The first-order valence-electron chi connectivity index (χ1n) is 8.01. The number of nitrogens with zero attached hydrogens (tertiary/aromatic N) is 4. The molecule has 0 aromatic carbocycles. The minimum absolute atomic E-state index is 0.0145. The van der Waals surface area contributed by atoms with Crippen LogP contribution in [0.4, 0.5) is 5.82 Å². The average Bonchev–Trinajstić information content (AvgIpc) is 2.61. The molecular weight excluding hydrogens is 306 g/mol. The van der Waals surface area contributed by atoms with Gasteiger partial charge in [-0.1, -0.05) is 0 Å². The van der Waals surface area contributed by atoms with Crippen molar-refractivity contribution in [3.8, 4) is 11.4 Å². The molecule has 126 valence electrons. The number of aliphatic hydroxyl groups is 1. The van der Waals surface area contributed by atoms with Crippen LogP contribution in [0.1, 0.15) is 25.1 Å². The summed E-state index contributed by atoms with van der Waals surface area (Å²) < 4.78 is 0. The van der Waals surface area contributed by atoms with Crippen molar-refractivity contribution < 1.29 is 9.90 Å². The van der Waals surface area contributed by atoms with Crippen LogP contribution in [-0.4, -0.2) is 50.1 Å². The molecule has 0 unspecified atom stereocenters. The van der Waals surface area contributed by atoms with E-state index in [0.29, 0.717) is 25.3 Å². The topological polar surface area (TPSA) is 91.2 Å². The molecule has 0 radical (unpaired) electrons. The second-order valence-electron chi connectivity index (χ2n) is 5.98. The fraction of sp³-hybridized carbons (Fsp3) is 0.412. The number of aromatic nitrogens is 3. The molecule has 1 amide bonds. The first kappa shape index (κ1) is 16.3. The van der Waals surface area contributed by atoms with Gasteiger partial charge in [-0.3, -0.25) is 9.78 Å². The SMILES string of the molecule is CC(=O)N1CCc2c(nc(-c3cccnc3)nc2N[C@H](C)CO)C1. The predicted octanol–water partition coefficient (Wildman–Crippen LogP) is 1.24. The lowest BCUT2D eigenvalue weighted by atomic mass is 10.0. The largest absolute Gasteiger partial charge is 0.394 e. The van der Waals surface area contributed by atoms with E-state index in [1.165, 1.54) is 0 Å². The lowest BCUT2D eigenvalue weighted by Gasteiger charge is -2.29. The highest BCUT2D eigenvalue weighted by molar-refractivity contribution is 5.74. The monoisotopic (exact) mass is 327 g/mol. The van der Waals surface area contributed by atoms with Crippen molar-refractivity contribution in [3.05, 3.63) is 35.8 Å². The Morgan fingerprint density at radius 3 is 2.96 bits per heavy atom. The van der Waals surface area contributed by atoms with Crippen molar-refractivity contribution in [3.63, 3.8) is 0 Å². The lowest BCUT2D eigenvalue weighted by molar-refractivity contribution is -0.129. The van der Waals surface area contributed by atoms with Crippen LogP contribution in [0.5, 0.6) is 0 Å². The molecule has 7 heteroatoms. The zero-order valence-electron chi connectivity index (χ0n) is 13.9. The van der Waals surface area contributed by atoms with Crippen LogP contribution in [0.2, 0.25) is 0 Å². The molecule has 2 N–H and O–H groups in total. The van der Waals surface area contributed by atoms with Gasteiger partial charge in [0.1, 0.15) is 5.82 Å². The fourth-order valence-corrected chi connectivity index (χ4v) is 2.72. The van der Waals surface area contributed by atoms with Crippen molar-refractivity contribution >= 4 is 11.7 Å². The van der Waals surface area contributed by atoms with Crippen LogP contribution in [0, 0.1) is 0 Å². The predicted molar refractivity (Wildman–Crippen MR) is 90.2 cm³/mol. The summed E-state index contributed by atoms with van der Waals surface area (Å²) in [5.41, 5.74) is 2.68. The van der Waals surface area contributed by atoms with Gasteiger partial charge in [-0.25, -0.2) is 9.97 Å². The highest BCUT2D eigenvalue weighted by Gasteiger charge is 2.24. The van der Waals surface area contributed by atoms with Gasteiger partial charge in [-0.2, -0.15) is 0 Å². The zero-order chi connectivity index (χ0) is 17.1. The number of anilines is 1. The Morgan fingerprint density at radius 2 is 2.29 bits per heavy atom. The van der Waals surface area contributed by atoms with Gasteiger partial charge in [0, 0.05) is 43.0 Å². The normalized spacial score (nSPS) is 14.9. The molecule has 7 nitrogen and oxygen atoms in total. The molecule has 0 bridgehead atoms. The number of nitrogens with one attached hydrogen (secondary N) is 1. The maximum Gasteiger partial charge on any atom is 0.219 e. The lowest BCUT2D eigenvalue weighted by Crippen LogP contribution is -2.36. The Kier molecular flexibility index (Phi) is 4.71. The second kappa shape index (κ2) is 6.92. The van der Waals surface area contributed by atoms with Crippen LogP contribution < -0.4 is 5.32 Å².